The number of Topliss-reactive ketones (excluding diaryl/α,β-unsaturated/α-hetero) is 1. The number of fused-ring (bicyclic) bond motifs is 3. The lowest BCUT2D eigenvalue weighted by molar-refractivity contribution is 0.0892. The maximum atomic E-state index is 11.5. The fourth-order valence-corrected chi connectivity index (χ4v) is 2.02. The molecular formula is C13H10N2O2. The van der Waals surface area contributed by atoms with E-state index in [1.807, 2.05) is 30.3 Å². The highest BCUT2D eigenvalue weighted by atomic mass is 16.3. The molecule has 2 heterocycles. The predicted molar refractivity (Wildman–Crippen MR) is 64.1 cm³/mol. The van der Waals surface area contributed by atoms with Gasteiger partial charge in [0.15, 0.2) is 5.82 Å². The van der Waals surface area contributed by atoms with Crippen LogP contribution in [0, 0.1) is 0 Å². The first kappa shape index (κ1) is 9.99. The zero-order valence-electron chi connectivity index (χ0n) is 9.00. The number of aliphatic hydroxyl groups is 1. The predicted octanol–water partition coefficient (Wildman–Crippen LogP) is 1.66. The first-order chi connectivity index (χ1) is 8.31. The van der Waals surface area contributed by atoms with Crippen LogP contribution in [0.2, 0.25) is 0 Å². The molecular weight excluding hydrogens is 216 g/mol. The van der Waals surface area contributed by atoms with Crippen molar-refractivity contribution in [3.8, 4) is 0 Å². The van der Waals surface area contributed by atoms with Crippen molar-refractivity contribution in [3.05, 3.63) is 48.5 Å². The van der Waals surface area contributed by atoms with E-state index in [1.165, 1.54) is 0 Å². The number of benzene rings is 1. The molecule has 17 heavy (non-hydrogen) atoms. The van der Waals surface area contributed by atoms with Crippen molar-refractivity contribution in [3.63, 3.8) is 0 Å². The normalized spacial score (nSPS) is 11.1. The summed E-state index contributed by atoms with van der Waals surface area (Å²) in [6.45, 7) is -0.522. The Hall–Kier alpha value is -2.20. The van der Waals surface area contributed by atoms with Crippen molar-refractivity contribution >= 4 is 22.1 Å². The number of imidazole rings is 1. The van der Waals surface area contributed by atoms with Crippen molar-refractivity contribution < 1.29 is 9.90 Å². The SMILES string of the molecule is O=C(CO)c1ncc2c3ccccc3ccn12. The lowest BCUT2D eigenvalue weighted by Crippen LogP contribution is -2.09. The minimum atomic E-state index is -0.522. The second kappa shape index (κ2) is 3.68. The topological polar surface area (TPSA) is 54.6 Å². The summed E-state index contributed by atoms with van der Waals surface area (Å²) >= 11 is 0. The molecule has 2 aromatic heterocycles. The van der Waals surface area contributed by atoms with Crippen LogP contribution in [0.15, 0.2) is 42.7 Å². The van der Waals surface area contributed by atoms with Gasteiger partial charge in [-0.3, -0.25) is 9.20 Å². The third-order valence-corrected chi connectivity index (χ3v) is 2.83. The number of carbonyl (C=O) groups is 1. The fourth-order valence-electron chi connectivity index (χ4n) is 2.02. The van der Waals surface area contributed by atoms with Gasteiger partial charge >= 0.3 is 0 Å². The zero-order chi connectivity index (χ0) is 11.8. The van der Waals surface area contributed by atoms with E-state index < -0.39 is 6.61 Å². The minimum absolute atomic E-state index is 0.272. The molecule has 0 aliphatic carbocycles. The Labute approximate surface area is 97.1 Å². The number of hydrogen-bond acceptors (Lipinski definition) is 3. The van der Waals surface area contributed by atoms with E-state index in [2.05, 4.69) is 4.98 Å². The Kier molecular flexibility index (Phi) is 2.16. The van der Waals surface area contributed by atoms with E-state index in [9.17, 15) is 4.79 Å². The highest BCUT2D eigenvalue weighted by Gasteiger charge is 2.12. The Morgan fingerprint density at radius 2 is 2.12 bits per heavy atom. The van der Waals surface area contributed by atoms with E-state index in [0.29, 0.717) is 0 Å². The molecule has 1 N–H and O–H groups in total. The molecule has 0 bridgehead atoms. The third kappa shape index (κ3) is 1.42. The summed E-state index contributed by atoms with van der Waals surface area (Å²) in [7, 11) is 0. The van der Waals surface area contributed by atoms with Gasteiger partial charge in [0, 0.05) is 11.6 Å². The average molecular weight is 226 g/mol. The Morgan fingerprint density at radius 1 is 1.29 bits per heavy atom. The van der Waals surface area contributed by atoms with Crippen LogP contribution < -0.4 is 0 Å². The van der Waals surface area contributed by atoms with Gasteiger partial charge in [-0.15, -0.1) is 0 Å². The van der Waals surface area contributed by atoms with Crippen LogP contribution in [0.5, 0.6) is 0 Å². The van der Waals surface area contributed by atoms with E-state index in [1.54, 1.807) is 16.8 Å². The summed E-state index contributed by atoms with van der Waals surface area (Å²) < 4.78 is 1.71. The van der Waals surface area contributed by atoms with Crippen molar-refractivity contribution in [1.82, 2.24) is 9.38 Å². The fraction of sp³-hybridized carbons (Fsp3) is 0.0769. The van der Waals surface area contributed by atoms with E-state index >= 15 is 0 Å². The van der Waals surface area contributed by atoms with Gasteiger partial charge in [0.05, 0.1) is 11.7 Å². The van der Waals surface area contributed by atoms with E-state index in [4.69, 9.17) is 5.11 Å². The van der Waals surface area contributed by atoms with Gasteiger partial charge in [-0.2, -0.15) is 0 Å². The summed E-state index contributed by atoms with van der Waals surface area (Å²) in [5, 5.41) is 11.0. The zero-order valence-corrected chi connectivity index (χ0v) is 9.00. The maximum absolute atomic E-state index is 11.5. The molecule has 84 valence electrons. The number of rotatable bonds is 2. The molecule has 0 unspecified atom stereocenters. The Bertz CT molecular complexity index is 716. The molecule has 3 rings (SSSR count). The summed E-state index contributed by atoms with van der Waals surface area (Å²) in [6, 6.07) is 9.84. The van der Waals surface area contributed by atoms with Crippen LogP contribution in [0.25, 0.3) is 16.3 Å². The average Bonchev–Trinajstić information content (AvgIpc) is 2.82. The largest absolute Gasteiger partial charge is 0.388 e. The molecule has 0 fully saturated rings. The summed E-state index contributed by atoms with van der Waals surface area (Å²) in [4.78, 5) is 15.6. The highest BCUT2D eigenvalue weighted by Crippen LogP contribution is 2.20. The lowest BCUT2D eigenvalue weighted by atomic mass is 10.1. The standard InChI is InChI=1S/C13H10N2O2/c16-8-12(17)13-14-7-11-10-4-2-1-3-9(10)5-6-15(11)13/h1-7,16H,8H2. The number of pyridine rings is 1. The number of aliphatic hydroxyl groups excluding tert-OH is 1. The number of aromatic nitrogens is 2. The minimum Gasteiger partial charge on any atom is -0.388 e. The number of ketones is 1. The second-order valence-electron chi connectivity index (χ2n) is 3.82. The van der Waals surface area contributed by atoms with Gasteiger partial charge in [-0.25, -0.2) is 4.98 Å². The highest BCUT2D eigenvalue weighted by molar-refractivity contribution is 5.99. The molecule has 0 amide bonds. The first-order valence-electron chi connectivity index (χ1n) is 5.30. The van der Waals surface area contributed by atoms with Gasteiger partial charge < -0.3 is 5.11 Å². The van der Waals surface area contributed by atoms with E-state index in [0.717, 1.165) is 16.3 Å². The summed E-state index contributed by atoms with van der Waals surface area (Å²) in [6.07, 6.45) is 3.46. The third-order valence-electron chi connectivity index (χ3n) is 2.83. The van der Waals surface area contributed by atoms with Crippen LogP contribution >= 0.6 is 0 Å². The molecule has 0 saturated carbocycles. The van der Waals surface area contributed by atoms with Crippen LogP contribution in [-0.4, -0.2) is 26.9 Å². The molecule has 0 spiro atoms. The monoisotopic (exact) mass is 226 g/mol. The van der Waals surface area contributed by atoms with Crippen LogP contribution in [0.1, 0.15) is 10.6 Å². The van der Waals surface area contributed by atoms with E-state index in [-0.39, 0.29) is 11.6 Å². The molecule has 0 radical (unpaired) electrons. The number of hydrogen-bond donors (Lipinski definition) is 1. The van der Waals surface area contributed by atoms with Crippen LogP contribution in [0.4, 0.5) is 0 Å². The molecule has 0 saturated heterocycles. The van der Waals surface area contributed by atoms with Gasteiger partial charge in [-0.05, 0) is 11.5 Å². The first-order valence-corrected chi connectivity index (χ1v) is 5.30. The molecule has 4 heteroatoms. The Balaban J connectivity index is 2.39. The van der Waals surface area contributed by atoms with Crippen molar-refractivity contribution in [2.45, 2.75) is 0 Å². The van der Waals surface area contributed by atoms with Crippen molar-refractivity contribution in [2.75, 3.05) is 6.61 Å². The van der Waals surface area contributed by atoms with Gasteiger partial charge in [-0.1, -0.05) is 24.3 Å². The second-order valence-corrected chi connectivity index (χ2v) is 3.82. The number of carbonyl (C=O) groups excluding carboxylic acids is 1. The molecule has 0 aliphatic heterocycles. The van der Waals surface area contributed by atoms with Gasteiger partial charge in [0.2, 0.25) is 5.78 Å². The molecule has 1 aromatic carbocycles. The van der Waals surface area contributed by atoms with Gasteiger partial charge in [0.25, 0.3) is 0 Å². The van der Waals surface area contributed by atoms with Gasteiger partial charge in [0.1, 0.15) is 6.61 Å². The maximum Gasteiger partial charge on any atom is 0.223 e. The van der Waals surface area contributed by atoms with Crippen LogP contribution in [-0.2, 0) is 0 Å². The van der Waals surface area contributed by atoms with Crippen molar-refractivity contribution in [1.29, 1.82) is 0 Å². The molecule has 0 aliphatic rings. The molecule has 3 aromatic rings. The van der Waals surface area contributed by atoms with Crippen LogP contribution in [0.3, 0.4) is 0 Å². The molecule has 0 atom stereocenters. The van der Waals surface area contributed by atoms with Crippen molar-refractivity contribution in [2.24, 2.45) is 0 Å². The smallest absolute Gasteiger partial charge is 0.223 e. The number of nitrogens with zero attached hydrogens (tertiary/aromatic N) is 2. The summed E-state index contributed by atoms with van der Waals surface area (Å²) in [5.74, 6) is -0.103. The summed E-state index contributed by atoms with van der Waals surface area (Å²) in [5.41, 5.74) is 0.875. The lowest BCUT2D eigenvalue weighted by Gasteiger charge is -2.02. The molecule has 4 nitrogen and oxygen atoms in total. The quantitative estimate of drug-likeness (QED) is 0.676. The Morgan fingerprint density at radius 3 is 2.94 bits per heavy atom.